The number of aryl methyl sites for hydroxylation is 1. The molecule has 0 spiro atoms. The highest BCUT2D eigenvalue weighted by molar-refractivity contribution is 5.93. The molecular formula is C16H17N7O. The largest absolute Gasteiger partial charge is 0.368 e. The fraction of sp³-hybridized carbons (Fsp3) is 0.188. The zero-order valence-electron chi connectivity index (χ0n) is 13.2. The minimum Gasteiger partial charge on any atom is -0.368 e. The summed E-state index contributed by atoms with van der Waals surface area (Å²) in [5, 5.41) is 5.98. The van der Waals surface area contributed by atoms with E-state index in [0.29, 0.717) is 24.5 Å². The zero-order chi connectivity index (χ0) is 16.8. The van der Waals surface area contributed by atoms with Gasteiger partial charge in [-0.3, -0.25) is 14.3 Å². The summed E-state index contributed by atoms with van der Waals surface area (Å²) in [6.45, 7) is 2.92. The average molecular weight is 323 g/mol. The van der Waals surface area contributed by atoms with Crippen LogP contribution in [0.2, 0.25) is 0 Å². The summed E-state index contributed by atoms with van der Waals surface area (Å²) >= 11 is 0. The number of carbonyl (C=O) groups is 1. The molecule has 0 aliphatic carbocycles. The van der Waals surface area contributed by atoms with Crippen molar-refractivity contribution in [2.45, 2.75) is 6.92 Å². The van der Waals surface area contributed by atoms with Crippen molar-refractivity contribution < 1.29 is 4.79 Å². The predicted molar refractivity (Wildman–Crippen MR) is 89.0 cm³/mol. The standard InChI is InChI=1S/C16H17N7O/c1-12-18-7-8-23(12)15-9-14(21-11-22-15)19-5-6-20-16(24)13-3-2-4-17-10-13/h2-4,7-11H,5-6H2,1H3,(H,20,24)(H,19,21,22). The highest BCUT2D eigenvalue weighted by Crippen LogP contribution is 2.10. The van der Waals surface area contributed by atoms with E-state index in [9.17, 15) is 4.79 Å². The molecule has 0 aromatic carbocycles. The van der Waals surface area contributed by atoms with Crippen LogP contribution in [0, 0.1) is 6.92 Å². The molecule has 0 saturated carbocycles. The van der Waals surface area contributed by atoms with Crippen molar-refractivity contribution in [1.29, 1.82) is 0 Å². The quantitative estimate of drug-likeness (QED) is 0.662. The Morgan fingerprint density at radius 3 is 2.88 bits per heavy atom. The lowest BCUT2D eigenvalue weighted by Crippen LogP contribution is -2.29. The molecule has 0 unspecified atom stereocenters. The number of rotatable bonds is 6. The number of hydrogen-bond donors (Lipinski definition) is 2. The Kier molecular flexibility index (Phi) is 4.76. The smallest absolute Gasteiger partial charge is 0.252 e. The van der Waals surface area contributed by atoms with Crippen LogP contribution in [-0.4, -0.2) is 43.5 Å². The van der Waals surface area contributed by atoms with Gasteiger partial charge in [0.15, 0.2) is 0 Å². The number of imidazole rings is 1. The van der Waals surface area contributed by atoms with Crippen molar-refractivity contribution in [3.05, 3.63) is 60.7 Å². The molecule has 0 bridgehead atoms. The first-order valence-corrected chi connectivity index (χ1v) is 7.48. The first-order chi connectivity index (χ1) is 11.7. The maximum atomic E-state index is 11.9. The molecule has 8 nitrogen and oxygen atoms in total. The number of nitrogens with one attached hydrogen (secondary N) is 2. The van der Waals surface area contributed by atoms with Gasteiger partial charge >= 0.3 is 0 Å². The molecule has 1 amide bonds. The SMILES string of the molecule is Cc1nccn1-c1cc(NCCNC(=O)c2cccnc2)ncn1. The van der Waals surface area contributed by atoms with E-state index in [1.165, 1.54) is 12.5 Å². The number of amides is 1. The second kappa shape index (κ2) is 7.32. The van der Waals surface area contributed by atoms with Crippen molar-refractivity contribution >= 4 is 11.7 Å². The fourth-order valence-electron chi connectivity index (χ4n) is 2.16. The first kappa shape index (κ1) is 15.6. The second-order valence-corrected chi connectivity index (χ2v) is 5.03. The number of nitrogens with zero attached hydrogens (tertiary/aromatic N) is 5. The van der Waals surface area contributed by atoms with Gasteiger partial charge in [0, 0.05) is 43.9 Å². The third kappa shape index (κ3) is 3.72. The third-order valence-electron chi connectivity index (χ3n) is 3.37. The van der Waals surface area contributed by atoms with Gasteiger partial charge in [0.05, 0.1) is 5.56 Å². The highest BCUT2D eigenvalue weighted by atomic mass is 16.1. The normalized spacial score (nSPS) is 10.4. The predicted octanol–water partition coefficient (Wildman–Crippen LogP) is 1.21. The average Bonchev–Trinajstić information content (AvgIpc) is 3.05. The molecule has 3 heterocycles. The van der Waals surface area contributed by atoms with Crippen LogP contribution in [0.25, 0.3) is 5.82 Å². The molecule has 0 saturated heterocycles. The summed E-state index contributed by atoms with van der Waals surface area (Å²) in [6.07, 6.45) is 8.22. The van der Waals surface area contributed by atoms with E-state index in [1.807, 2.05) is 23.8 Å². The van der Waals surface area contributed by atoms with Crippen LogP contribution in [0.3, 0.4) is 0 Å². The molecule has 3 aromatic rings. The monoisotopic (exact) mass is 323 g/mol. The topological polar surface area (TPSA) is 97.6 Å². The number of anilines is 1. The van der Waals surface area contributed by atoms with E-state index < -0.39 is 0 Å². The molecule has 0 aliphatic heterocycles. The van der Waals surface area contributed by atoms with Crippen LogP contribution in [0.4, 0.5) is 5.82 Å². The third-order valence-corrected chi connectivity index (χ3v) is 3.37. The van der Waals surface area contributed by atoms with Crippen molar-refractivity contribution in [2.24, 2.45) is 0 Å². The van der Waals surface area contributed by atoms with E-state index in [4.69, 9.17) is 0 Å². The lowest BCUT2D eigenvalue weighted by molar-refractivity contribution is 0.0955. The van der Waals surface area contributed by atoms with E-state index >= 15 is 0 Å². The Labute approximate surface area is 139 Å². The summed E-state index contributed by atoms with van der Waals surface area (Å²) in [7, 11) is 0. The molecule has 0 fully saturated rings. The van der Waals surface area contributed by atoms with Crippen LogP contribution in [0.5, 0.6) is 0 Å². The van der Waals surface area contributed by atoms with Crippen molar-refractivity contribution in [1.82, 2.24) is 29.8 Å². The molecule has 122 valence electrons. The Hall–Kier alpha value is -3.29. The van der Waals surface area contributed by atoms with E-state index in [1.54, 1.807) is 24.5 Å². The number of aromatic nitrogens is 5. The molecule has 0 aliphatic rings. The maximum absolute atomic E-state index is 11.9. The molecule has 3 aromatic heterocycles. The summed E-state index contributed by atoms with van der Waals surface area (Å²) in [4.78, 5) is 28.4. The fourth-order valence-corrected chi connectivity index (χ4v) is 2.16. The lowest BCUT2D eigenvalue weighted by Gasteiger charge is -2.09. The van der Waals surface area contributed by atoms with Gasteiger partial charge in [-0.25, -0.2) is 15.0 Å². The Morgan fingerprint density at radius 1 is 1.21 bits per heavy atom. The van der Waals surface area contributed by atoms with Crippen LogP contribution in [0.1, 0.15) is 16.2 Å². The van der Waals surface area contributed by atoms with Gasteiger partial charge in [-0.1, -0.05) is 0 Å². The molecule has 3 rings (SSSR count). The van der Waals surface area contributed by atoms with Gasteiger partial charge in [0.1, 0.15) is 23.8 Å². The van der Waals surface area contributed by atoms with Crippen molar-refractivity contribution in [3.8, 4) is 5.82 Å². The van der Waals surface area contributed by atoms with E-state index in [-0.39, 0.29) is 5.91 Å². The molecule has 0 atom stereocenters. The van der Waals surface area contributed by atoms with Crippen molar-refractivity contribution in [3.63, 3.8) is 0 Å². The van der Waals surface area contributed by atoms with Crippen LogP contribution in [0.15, 0.2) is 49.3 Å². The molecule has 8 heteroatoms. The van der Waals surface area contributed by atoms with E-state index in [2.05, 4.69) is 30.6 Å². The Balaban J connectivity index is 1.52. The Morgan fingerprint density at radius 2 is 2.12 bits per heavy atom. The Bertz CT molecular complexity index is 816. The van der Waals surface area contributed by atoms with Crippen LogP contribution in [-0.2, 0) is 0 Å². The molecular weight excluding hydrogens is 306 g/mol. The molecule has 0 radical (unpaired) electrons. The van der Waals surface area contributed by atoms with Crippen LogP contribution >= 0.6 is 0 Å². The van der Waals surface area contributed by atoms with Gasteiger partial charge in [-0.15, -0.1) is 0 Å². The van der Waals surface area contributed by atoms with Crippen LogP contribution < -0.4 is 10.6 Å². The van der Waals surface area contributed by atoms with Gasteiger partial charge in [-0.2, -0.15) is 0 Å². The summed E-state index contributed by atoms with van der Waals surface area (Å²) in [5.74, 6) is 2.12. The number of hydrogen-bond acceptors (Lipinski definition) is 6. The van der Waals surface area contributed by atoms with Gasteiger partial charge in [0.25, 0.3) is 5.91 Å². The summed E-state index contributed by atoms with van der Waals surface area (Å²) < 4.78 is 1.87. The number of carbonyl (C=O) groups excluding carboxylic acids is 1. The van der Waals surface area contributed by atoms with Gasteiger partial charge < -0.3 is 10.6 Å². The summed E-state index contributed by atoms with van der Waals surface area (Å²) in [5.41, 5.74) is 0.539. The second-order valence-electron chi connectivity index (χ2n) is 5.03. The summed E-state index contributed by atoms with van der Waals surface area (Å²) in [6, 6.07) is 5.28. The molecule has 24 heavy (non-hydrogen) atoms. The first-order valence-electron chi connectivity index (χ1n) is 7.48. The van der Waals surface area contributed by atoms with Gasteiger partial charge in [-0.05, 0) is 19.1 Å². The van der Waals surface area contributed by atoms with Crippen molar-refractivity contribution in [2.75, 3.05) is 18.4 Å². The highest BCUT2D eigenvalue weighted by Gasteiger charge is 2.05. The molecule has 2 N–H and O–H groups in total. The lowest BCUT2D eigenvalue weighted by atomic mass is 10.3. The zero-order valence-corrected chi connectivity index (χ0v) is 13.2. The van der Waals surface area contributed by atoms with Gasteiger partial charge in [0.2, 0.25) is 0 Å². The van der Waals surface area contributed by atoms with E-state index in [0.717, 1.165) is 11.6 Å². The maximum Gasteiger partial charge on any atom is 0.252 e. The number of pyridine rings is 1. The minimum absolute atomic E-state index is 0.151. The minimum atomic E-state index is -0.151.